The summed E-state index contributed by atoms with van der Waals surface area (Å²) >= 11 is 12.3. The first-order valence-electron chi connectivity index (χ1n) is 8.02. The maximum Gasteiger partial charge on any atom is 0.127 e. The first-order valence-corrected chi connectivity index (χ1v) is 8.93. The zero-order valence-electron chi connectivity index (χ0n) is 12.4. The minimum atomic E-state index is 0.661. The van der Waals surface area contributed by atoms with E-state index in [1.807, 2.05) is 6.07 Å². The van der Waals surface area contributed by atoms with E-state index in [-0.39, 0.29) is 0 Å². The summed E-state index contributed by atoms with van der Waals surface area (Å²) in [4.78, 5) is 2.53. The largest absolute Gasteiger partial charge is 0.493 e. The Morgan fingerprint density at radius 3 is 2.76 bits per heavy atom. The summed E-state index contributed by atoms with van der Waals surface area (Å²) in [7, 11) is 0. The molecule has 1 aliphatic carbocycles. The van der Waals surface area contributed by atoms with Gasteiger partial charge < -0.3 is 4.74 Å². The highest BCUT2D eigenvalue weighted by atomic mass is 35.5. The SMILES string of the molecule is ClCCN(Cc1cc(Cl)cc2c1OCC2)C1CCCCC1. The lowest BCUT2D eigenvalue weighted by atomic mass is 9.93. The molecule has 116 valence electrons. The molecule has 1 fully saturated rings. The van der Waals surface area contributed by atoms with Crippen LogP contribution in [0.25, 0.3) is 0 Å². The van der Waals surface area contributed by atoms with Gasteiger partial charge in [-0.25, -0.2) is 0 Å². The lowest BCUT2D eigenvalue weighted by Gasteiger charge is -2.34. The van der Waals surface area contributed by atoms with Gasteiger partial charge in [-0.15, -0.1) is 11.6 Å². The molecule has 0 bridgehead atoms. The summed E-state index contributed by atoms with van der Waals surface area (Å²) in [6.07, 6.45) is 7.62. The molecule has 3 rings (SSSR count). The van der Waals surface area contributed by atoms with Gasteiger partial charge in [0.25, 0.3) is 0 Å². The molecule has 1 heterocycles. The standard InChI is InChI=1S/C17H23Cl2NO/c18-7-8-20(16-4-2-1-3-5-16)12-14-11-15(19)10-13-6-9-21-17(13)14/h10-11,16H,1-9,12H2. The predicted octanol–water partition coefficient (Wildman–Crippen LogP) is 4.65. The van der Waals surface area contributed by atoms with Crippen LogP contribution in [-0.2, 0) is 13.0 Å². The Balaban J connectivity index is 1.79. The van der Waals surface area contributed by atoms with Crippen molar-refractivity contribution >= 4 is 23.2 Å². The van der Waals surface area contributed by atoms with Crippen molar-refractivity contribution < 1.29 is 4.74 Å². The van der Waals surface area contributed by atoms with Crippen LogP contribution in [0, 0.1) is 0 Å². The van der Waals surface area contributed by atoms with Gasteiger partial charge >= 0.3 is 0 Å². The lowest BCUT2D eigenvalue weighted by molar-refractivity contribution is 0.155. The van der Waals surface area contributed by atoms with Gasteiger partial charge in [-0.1, -0.05) is 30.9 Å². The Bertz CT molecular complexity index is 486. The Kier molecular flexibility index (Phi) is 5.31. The molecule has 0 unspecified atom stereocenters. The molecule has 21 heavy (non-hydrogen) atoms. The highest BCUT2D eigenvalue weighted by Crippen LogP contribution is 2.34. The number of hydrogen-bond donors (Lipinski definition) is 0. The summed E-state index contributed by atoms with van der Waals surface area (Å²) in [5.41, 5.74) is 2.48. The fourth-order valence-electron chi connectivity index (χ4n) is 3.63. The van der Waals surface area contributed by atoms with Crippen molar-refractivity contribution in [1.29, 1.82) is 0 Å². The van der Waals surface area contributed by atoms with E-state index in [4.69, 9.17) is 27.9 Å². The van der Waals surface area contributed by atoms with Gasteiger partial charge in [0.05, 0.1) is 6.61 Å². The summed E-state index contributed by atoms with van der Waals surface area (Å²) in [5, 5.41) is 0.823. The summed E-state index contributed by atoms with van der Waals surface area (Å²) in [6.45, 7) is 2.62. The van der Waals surface area contributed by atoms with E-state index in [0.717, 1.165) is 36.9 Å². The van der Waals surface area contributed by atoms with Crippen LogP contribution < -0.4 is 4.74 Å². The van der Waals surface area contributed by atoms with Crippen molar-refractivity contribution in [2.24, 2.45) is 0 Å². The molecule has 0 amide bonds. The maximum atomic E-state index is 6.27. The molecule has 1 saturated carbocycles. The first kappa shape index (κ1) is 15.5. The third kappa shape index (κ3) is 3.67. The molecule has 1 aromatic rings. The number of alkyl halides is 1. The molecule has 0 saturated heterocycles. The van der Waals surface area contributed by atoms with Crippen LogP contribution in [0.3, 0.4) is 0 Å². The van der Waals surface area contributed by atoms with E-state index in [1.165, 1.54) is 43.2 Å². The molecule has 4 heteroatoms. The van der Waals surface area contributed by atoms with Crippen LogP contribution in [-0.4, -0.2) is 30.0 Å². The smallest absolute Gasteiger partial charge is 0.127 e. The van der Waals surface area contributed by atoms with Crippen molar-refractivity contribution in [3.05, 3.63) is 28.3 Å². The second kappa shape index (κ2) is 7.21. The molecule has 0 radical (unpaired) electrons. The van der Waals surface area contributed by atoms with Crippen molar-refractivity contribution in [3.63, 3.8) is 0 Å². The van der Waals surface area contributed by atoms with E-state index >= 15 is 0 Å². The highest BCUT2D eigenvalue weighted by molar-refractivity contribution is 6.30. The van der Waals surface area contributed by atoms with Gasteiger partial charge in [-0.2, -0.15) is 0 Å². The number of halogens is 2. The third-order valence-electron chi connectivity index (χ3n) is 4.66. The van der Waals surface area contributed by atoms with Crippen LogP contribution >= 0.6 is 23.2 Å². The summed E-state index contributed by atoms with van der Waals surface area (Å²) < 4.78 is 5.83. The third-order valence-corrected chi connectivity index (χ3v) is 5.05. The van der Waals surface area contributed by atoms with Gasteiger partial charge in [0.15, 0.2) is 0 Å². The lowest BCUT2D eigenvalue weighted by Crippen LogP contribution is -2.37. The van der Waals surface area contributed by atoms with Crippen LogP contribution in [0.15, 0.2) is 12.1 Å². The van der Waals surface area contributed by atoms with Gasteiger partial charge in [0, 0.05) is 42.0 Å². The Hall–Kier alpha value is -0.440. The molecular formula is C17H23Cl2NO. The van der Waals surface area contributed by atoms with E-state index in [1.54, 1.807) is 0 Å². The molecule has 1 aliphatic heterocycles. The fourth-order valence-corrected chi connectivity index (χ4v) is 4.11. The minimum absolute atomic E-state index is 0.661. The van der Waals surface area contributed by atoms with E-state index in [2.05, 4.69) is 11.0 Å². The fraction of sp³-hybridized carbons (Fsp3) is 0.647. The van der Waals surface area contributed by atoms with Gasteiger partial charge in [0.2, 0.25) is 0 Å². The quantitative estimate of drug-likeness (QED) is 0.730. The molecule has 1 aromatic carbocycles. The molecule has 2 aliphatic rings. The van der Waals surface area contributed by atoms with Crippen LogP contribution in [0.2, 0.25) is 5.02 Å². The van der Waals surface area contributed by atoms with Crippen molar-refractivity contribution in [3.8, 4) is 5.75 Å². The van der Waals surface area contributed by atoms with Gasteiger partial charge in [0.1, 0.15) is 5.75 Å². The molecule has 0 N–H and O–H groups in total. The summed E-state index contributed by atoms with van der Waals surface area (Å²) in [5.74, 6) is 1.75. The number of benzene rings is 1. The van der Waals surface area contributed by atoms with Gasteiger partial charge in [-0.3, -0.25) is 4.90 Å². The summed E-state index contributed by atoms with van der Waals surface area (Å²) in [6, 6.07) is 4.77. The molecular weight excluding hydrogens is 305 g/mol. The second-order valence-electron chi connectivity index (χ2n) is 6.10. The molecule has 0 atom stereocenters. The number of hydrogen-bond acceptors (Lipinski definition) is 2. The monoisotopic (exact) mass is 327 g/mol. The number of ether oxygens (including phenoxy) is 1. The van der Waals surface area contributed by atoms with Crippen LogP contribution in [0.4, 0.5) is 0 Å². The number of nitrogens with zero attached hydrogens (tertiary/aromatic N) is 1. The average molecular weight is 328 g/mol. The Morgan fingerprint density at radius 2 is 2.00 bits per heavy atom. The highest BCUT2D eigenvalue weighted by Gasteiger charge is 2.24. The van der Waals surface area contributed by atoms with E-state index < -0.39 is 0 Å². The zero-order chi connectivity index (χ0) is 14.7. The molecule has 0 aromatic heterocycles. The maximum absolute atomic E-state index is 6.27. The number of rotatable bonds is 5. The van der Waals surface area contributed by atoms with E-state index in [0.29, 0.717) is 11.9 Å². The first-order chi connectivity index (χ1) is 10.3. The van der Waals surface area contributed by atoms with Crippen molar-refractivity contribution in [2.75, 3.05) is 19.0 Å². The predicted molar refractivity (Wildman–Crippen MR) is 88.7 cm³/mol. The van der Waals surface area contributed by atoms with Crippen molar-refractivity contribution in [2.45, 2.75) is 51.1 Å². The molecule has 0 spiro atoms. The normalized spacial score (nSPS) is 18.8. The van der Waals surface area contributed by atoms with Crippen LogP contribution in [0.1, 0.15) is 43.2 Å². The van der Waals surface area contributed by atoms with E-state index in [9.17, 15) is 0 Å². The van der Waals surface area contributed by atoms with Crippen LogP contribution in [0.5, 0.6) is 5.75 Å². The van der Waals surface area contributed by atoms with Crippen molar-refractivity contribution in [1.82, 2.24) is 4.90 Å². The Labute approximate surface area is 137 Å². The van der Waals surface area contributed by atoms with Gasteiger partial charge in [-0.05, 0) is 30.5 Å². The Morgan fingerprint density at radius 1 is 1.19 bits per heavy atom. The molecule has 2 nitrogen and oxygen atoms in total. The average Bonchev–Trinajstić information content (AvgIpc) is 2.96. The zero-order valence-corrected chi connectivity index (χ0v) is 13.9. The number of fused-ring (bicyclic) bond motifs is 1. The second-order valence-corrected chi connectivity index (χ2v) is 6.92. The minimum Gasteiger partial charge on any atom is -0.493 e. The topological polar surface area (TPSA) is 12.5 Å².